The summed E-state index contributed by atoms with van der Waals surface area (Å²) in [4.78, 5) is 2.81. The van der Waals surface area contributed by atoms with Gasteiger partial charge in [-0.2, -0.15) is 0 Å². The highest BCUT2D eigenvalue weighted by Gasteiger charge is 2.10. The molecule has 2 aromatic rings. The molecule has 0 fully saturated rings. The van der Waals surface area contributed by atoms with Gasteiger partial charge in [0, 0.05) is 27.9 Å². The van der Waals surface area contributed by atoms with Gasteiger partial charge in [0.25, 0.3) is 0 Å². The lowest BCUT2D eigenvalue weighted by molar-refractivity contribution is 0.391. The predicted molar refractivity (Wildman–Crippen MR) is 75.0 cm³/mol. The van der Waals surface area contributed by atoms with Crippen LogP contribution in [-0.4, -0.2) is 11.2 Å². The third kappa shape index (κ3) is 3.21. The number of thiophene rings is 1. The van der Waals surface area contributed by atoms with Crippen molar-refractivity contribution in [2.75, 3.05) is 0 Å². The minimum Gasteiger partial charge on any atom is -0.361 e. The Bertz CT molecular complexity index is 496. The highest BCUT2D eigenvalue weighted by atomic mass is 32.1. The molecule has 2 heterocycles. The van der Waals surface area contributed by atoms with Gasteiger partial charge in [0.05, 0.1) is 5.69 Å². The number of nitrogens with zero attached hydrogens (tertiary/aromatic N) is 1. The van der Waals surface area contributed by atoms with Crippen molar-refractivity contribution in [1.29, 1.82) is 0 Å². The highest BCUT2D eigenvalue weighted by Crippen LogP contribution is 2.17. The second-order valence-electron chi connectivity index (χ2n) is 4.80. The van der Waals surface area contributed by atoms with Gasteiger partial charge < -0.3 is 9.84 Å². The van der Waals surface area contributed by atoms with E-state index in [4.69, 9.17) is 4.52 Å². The SMILES string of the molecule is Cc1ccc(CC(C)NCc2c(C)noc2C)s1. The summed E-state index contributed by atoms with van der Waals surface area (Å²) in [6, 6.07) is 4.85. The average molecular weight is 264 g/mol. The van der Waals surface area contributed by atoms with E-state index in [0.29, 0.717) is 6.04 Å². The second-order valence-corrected chi connectivity index (χ2v) is 6.17. The van der Waals surface area contributed by atoms with Gasteiger partial charge in [0.15, 0.2) is 0 Å². The van der Waals surface area contributed by atoms with Crippen LogP contribution in [0.2, 0.25) is 0 Å². The van der Waals surface area contributed by atoms with Crippen LogP contribution in [0.25, 0.3) is 0 Å². The van der Waals surface area contributed by atoms with Crippen LogP contribution in [0.3, 0.4) is 0 Å². The van der Waals surface area contributed by atoms with E-state index in [9.17, 15) is 0 Å². The van der Waals surface area contributed by atoms with Crippen molar-refractivity contribution in [3.05, 3.63) is 38.9 Å². The first-order valence-electron chi connectivity index (χ1n) is 6.26. The normalized spacial score (nSPS) is 12.9. The Morgan fingerprint density at radius 1 is 1.33 bits per heavy atom. The number of rotatable bonds is 5. The van der Waals surface area contributed by atoms with Gasteiger partial charge in [0.1, 0.15) is 5.76 Å². The van der Waals surface area contributed by atoms with E-state index in [1.807, 2.05) is 25.2 Å². The zero-order valence-electron chi connectivity index (χ0n) is 11.4. The number of aryl methyl sites for hydroxylation is 3. The van der Waals surface area contributed by atoms with Crippen molar-refractivity contribution in [3.63, 3.8) is 0 Å². The smallest absolute Gasteiger partial charge is 0.138 e. The minimum atomic E-state index is 0.455. The fraction of sp³-hybridized carbons (Fsp3) is 0.500. The van der Waals surface area contributed by atoms with Crippen LogP contribution in [0.4, 0.5) is 0 Å². The van der Waals surface area contributed by atoms with E-state index < -0.39 is 0 Å². The molecule has 1 unspecified atom stereocenters. The van der Waals surface area contributed by atoms with Gasteiger partial charge in [-0.05, 0) is 46.2 Å². The van der Waals surface area contributed by atoms with E-state index in [0.717, 1.165) is 24.4 Å². The zero-order chi connectivity index (χ0) is 13.1. The van der Waals surface area contributed by atoms with Crippen LogP contribution >= 0.6 is 11.3 Å². The lowest BCUT2D eigenvalue weighted by Gasteiger charge is -2.12. The molecule has 98 valence electrons. The lowest BCUT2D eigenvalue weighted by Crippen LogP contribution is -2.27. The van der Waals surface area contributed by atoms with Crippen LogP contribution < -0.4 is 5.32 Å². The molecule has 0 aliphatic heterocycles. The van der Waals surface area contributed by atoms with Crippen molar-refractivity contribution >= 4 is 11.3 Å². The monoisotopic (exact) mass is 264 g/mol. The summed E-state index contributed by atoms with van der Waals surface area (Å²) in [6.45, 7) is 9.14. The summed E-state index contributed by atoms with van der Waals surface area (Å²) < 4.78 is 5.16. The molecule has 0 spiro atoms. The molecule has 0 bridgehead atoms. The minimum absolute atomic E-state index is 0.455. The molecule has 1 N–H and O–H groups in total. The Kier molecular flexibility index (Phi) is 4.19. The van der Waals surface area contributed by atoms with Gasteiger partial charge in [-0.25, -0.2) is 0 Å². The maximum absolute atomic E-state index is 5.16. The van der Waals surface area contributed by atoms with Crippen molar-refractivity contribution in [2.45, 2.75) is 46.7 Å². The molecule has 0 aliphatic carbocycles. The number of nitrogens with one attached hydrogen (secondary N) is 1. The Morgan fingerprint density at radius 3 is 2.67 bits per heavy atom. The van der Waals surface area contributed by atoms with Gasteiger partial charge in [-0.3, -0.25) is 0 Å². The molecule has 3 nitrogen and oxygen atoms in total. The molecule has 0 radical (unpaired) electrons. The largest absolute Gasteiger partial charge is 0.361 e. The highest BCUT2D eigenvalue weighted by molar-refractivity contribution is 7.11. The molecule has 1 atom stereocenters. The van der Waals surface area contributed by atoms with Crippen molar-refractivity contribution in [2.24, 2.45) is 0 Å². The Balaban J connectivity index is 1.87. The molecule has 0 saturated heterocycles. The summed E-state index contributed by atoms with van der Waals surface area (Å²) in [5.41, 5.74) is 2.17. The number of hydrogen-bond donors (Lipinski definition) is 1. The topological polar surface area (TPSA) is 38.1 Å². The third-order valence-corrected chi connectivity index (χ3v) is 4.13. The van der Waals surface area contributed by atoms with Crippen LogP contribution in [0.1, 0.15) is 33.7 Å². The Labute approximate surface area is 112 Å². The number of aromatic nitrogens is 1. The first-order chi connectivity index (χ1) is 8.56. The molecule has 18 heavy (non-hydrogen) atoms. The molecule has 2 aromatic heterocycles. The molecule has 4 heteroatoms. The van der Waals surface area contributed by atoms with E-state index in [1.54, 1.807) is 0 Å². The van der Waals surface area contributed by atoms with Crippen molar-refractivity contribution in [3.8, 4) is 0 Å². The van der Waals surface area contributed by atoms with Gasteiger partial charge in [-0.15, -0.1) is 11.3 Å². The standard InChI is InChI=1S/C14H20N2OS/c1-9(7-13-6-5-10(2)18-13)15-8-14-11(3)16-17-12(14)4/h5-6,9,15H,7-8H2,1-4H3. The van der Waals surface area contributed by atoms with Gasteiger partial charge >= 0.3 is 0 Å². The fourth-order valence-corrected chi connectivity index (χ4v) is 3.02. The van der Waals surface area contributed by atoms with Crippen molar-refractivity contribution in [1.82, 2.24) is 10.5 Å². The van der Waals surface area contributed by atoms with E-state index in [2.05, 4.69) is 36.5 Å². The van der Waals surface area contributed by atoms with Gasteiger partial charge in [0.2, 0.25) is 0 Å². The van der Waals surface area contributed by atoms with Crippen LogP contribution in [0.15, 0.2) is 16.7 Å². The van der Waals surface area contributed by atoms with E-state index in [-0.39, 0.29) is 0 Å². The maximum Gasteiger partial charge on any atom is 0.138 e. The maximum atomic E-state index is 5.16. The second kappa shape index (κ2) is 5.67. The molecule has 0 saturated carbocycles. The zero-order valence-corrected chi connectivity index (χ0v) is 12.2. The first kappa shape index (κ1) is 13.3. The first-order valence-corrected chi connectivity index (χ1v) is 7.08. The molecular weight excluding hydrogens is 244 g/mol. The Morgan fingerprint density at radius 2 is 2.11 bits per heavy atom. The quantitative estimate of drug-likeness (QED) is 0.899. The van der Waals surface area contributed by atoms with E-state index >= 15 is 0 Å². The summed E-state index contributed by atoms with van der Waals surface area (Å²) in [6.07, 6.45) is 1.07. The summed E-state index contributed by atoms with van der Waals surface area (Å²) >= 11 is 1.87. The van der Waals surface area contributed by atoms with Crippen LogP contribution in [0.5, 0.6) is 0 Å². The predicted octanol–water partition coefficient (Wildman–Crippen LogP) is 3.38. The molecule has 0 aliphatic rings. The van der Waals surface area contributed by atoms with E-state index in [1.165, 1.54) is 15.3 Å². The summed E-state index contributed by atoms with van der Waals surface area (Å²) in [5, 5.41) is 7.50. The number of hydrogen-bond acceptors (Lipinski definition) is 4. The molecule has 2 rings (SSSR count). The average Bonchev–Trinajstić information content (AvgIpc) is 2.84. The molecule has 0 amide bonds. The Hall–Kier alpha value is -1.13. The van der Waals surface area contributed by atoms with Gasteiger partial charge in [-0.1, -0.05) is 5.16 Å². The van der Waals surface area contributed by atoms with Crippen LogP contribution in [-0.2, 0) is 13.0 Å². The molecule has 0 aromatic carbocycles. The lowest BCUT2D eigenvalue weighted by atomic mass is 10.1. The summed E-state index contributed by atoms with van der Waals surface area (Å²) in [5.74, 6) is 0.916. The van der Waals surface area contributed by atoms with Crippen molar-refractivity contribution < 1.29 is 4.52 Å². The molecular formula is C14H20N2OS. The summed E-state index contributed by atoms with van der Waals surface area (Å²) in [7, 11) is 0. The fourth-order valence-electron chi connectivity index (χ4n) is 2.00. The third-order valence-electron chi connectivity index (χ3n) is 3.11. The van der Waals surface area contributed by atoms with Crippen LogP contribution in [0, 0.1) is 20.8 Å².